The van der Waals surface area contributed by atoms with Gasteiger partial charge in [0, 0.05) is 16.2 Å². The second-order valence-corrected chi connectivity index (χ2v) is 15.2. The van der Waals surface area contributed by atoms with Crippen molar-refractivity contribution >= 4 is 0 Å². The summed E-state index contributed by atoms with van der Waals surface area (Å²) in [5.74, 6) is 1.31. The van der Waals surface area contributed by atoms with Gasteiger partial charge in [-0.2, -0.15) is 0 Å². The van der Waals surface area contributed by atoms with E-state index in [1.165, 1.54) is 6.42 Å². The van der Waals surface area contributed by atoms with Gasteiger partial charge < -0.3 is 20.4 Å². The number of aliphatic hydroxyl groups is 4. The largest absolute Gasteiger partial charge is 0.396 e. The molecule has 0 aromatic rings. The van der Waals surface area contributed by atoms with Crippen LogP contribution in [-0.4, -0.2) is 45.8 Å². The van der Waals surface area contributed by atoms with Gasteiger partial charge in [0.2, 0.25) is 0 Å². The van der Waals surface area contributed by atoms with Gasteiger partial charge in [-0.25, -0.2) is 0 Å². The van der Waals surface area contributed by atoms with Crippen molar-refractivity contribution in [1.82, 2.24) is 0 Å². The van der Waals surface area contributed by atoms with E-state index in [2.05, 4.69) is 54.2 Å². The summed E-state index contributed by atoms with van der Waals surface area (Å²) >= 11 is 0. The third-order valence-corrected chi connectivity index (χ3v) is 14.1. The zero-order chi connectivity index (χ0) is 26.5. The normalized spacial score (nSPS) is 57.0. The van der Waals surface area contributed by atoms with E-state index in [0.717, 1.165) is 56.9 Å². The summed E-state index contributed by atoms with van der Waals surface area (Å²) in [6.07, 6.45) is 10.5. The van der Waals surface area contributed by atoms with Crippen molar-refractivity contribution < 1.29 is 20.4 Å². The van der Waals surface area contributed by atoms with Crippen molar-refractivity contribution in [3.05, 3.63) is 23.8 Å². The third-order valence-electron chi connectivity index (χ3n) is 14.1. The van der Waals surface area contributed by atoms with E-state index < -0.39 is 23.0 Å². The van der Waals surface area contributed by atoms with Crippen LogP contribution in [0.5, 0.6) is 0 Å². The molecule has 204 valence electrons. The summed E-state index contributed by atoms with van der Waals surface area (Å²) in [5.41, 5.74) is 1.48. The fourth-order valence-corrected chi connectivity index (χ4v) is 11.4. The van der Waals surface area contributed by atoms with Crippen LogP contribution in [0.25, 0.3) is 0 Å². The second-order valence-electron chi connectivity index (χ2n) is 15.2. The Morgan fingerprint density at radius 1 is 0.806 bits per heavy atom. The first-order chi connectivity index (χ1) is 16.7. The third kappa shape index (κ3) is 3.02. The molecule has 0 heterocycles. The average molecular weight is 501 g/mol. The maximum absolute atomic E-state index is 11.1. The summed E-state index contributed by atoms with van der Waals surface area (Å²) in [6.45, 7) is 18.5. The van der Waals surface area contributed by atoms with Crippen LogP contribution in [0.15, 0.2) is 23.8 Å². The Bertz CT molecular complexity index is 958. The van der Waals surface area contributed by atoms with E-state index in [1.54, 1.807) is 5.57 Å². The zero-order valence-corrected chi connectivity index (χ0v) is 23.7. The minimum atomic E-state index is -0.610. The van der Waals surface area contributed by atoms with E-state index in [9.17, 15) is 20.4 Å². The van der Waals surface area contributed by atoms with E-state index in [1.807, 2.05) is 0 Å². The Morgan fingerprint density at radius 3 is 2.11 bits per heavy atom. The summed E-state index contributed by atoms with van der Waals surface area (Å²) in [6, 6.07) is 0. The van der Waals surface area contributed by atoms with Crippen molar-refractivity contribution in [2.45, 2.75) is 112 Å². The molecule has 5 aliphatic rings. The second kappa shape index (κ2) is 8.16. The molecule has 4 heteroatoms. The van der Waals surface area contributed by atoms with Crippen LogP contribution in [0.1, 0.15) is 99.3 Å². The van der Waals surface area contributed by atoms with Crippen molar-refractivity contribution in [3.63, 3.8) is 0 Å². The highest BCUT2D eigenvalue weighted by Crippen LogP contribution is 2.73. The Kier molecular flexibility index (Phi) is 6.10. The minimum Gasteiger partial charge on any atom is -0.396 e. The molecule has 4 N–H and O–H groups in total. The summed E-state index contributed by atoms with van der Waals surface area (Å²) in [5, 5.41) is 43.1. The van der Waals surface area contributed by atoms with Crippen molar-refractivity contribution in [3.8, 4) is 0 Å². The van der Waals surface area contributed by atoms with E-state index in [4.69, 9.17) is 0 Å². The molecule has 36 heavy (non-hydrogen) atoms. The number of allylic oxidation sites excluding steroid dienone is 3. The predicted octanol–water partition coefficient (Wildman–Crippen LogP) is 5.64. The smallest absolute Gasteiger partial charge is 0.0624 e. The molecule has 0 aromatic carbocycles. The lowest BCUT2D eigenvalue weighted by molar-refractivity contribution is -0.190. The van der Waals surface area contributed by atoms with Gasteiger partial charge in [0.1, 0.15) is 0 Å². The molecule has 0 unspecified atom stereocenters. The van der Waals surface area contributed by atoms with Crippen LogP contribution < -0.4 is 0 Å². The lowest BCUT2D eigenvalue weighted by Gasteiger charge is -2.66. The first-order valence-corrected chi connectivity index (χ1v) is 14.7. The van der Waals surface area contributed by atoms with Gasteiger partial charge in [0.05, 0.1) is 25.4 Å². The van der Waals surface area contributed by atoms with Crippen LogP contribution in [0, 0.1) is 50.2 Å². The van der Waals surface area contributed by atoms with E-state index >= 15 is 0 Å². The molecule has 0 spiro atoms. The van der Waals surface area contributed by atoms with Gasteiger partial charge in [-0.05, 0) is 97.4 Å². The topological polar surface area (TPSA) is 80.9 Å². The molecular formula is C32H52O4. The predicted molar refractivity (Wildman–Crippen MR) is 144 cm³/mol. The Balaban J connectivity index is 1.57. The highest BCUT2D eigenvalue weighted by atomic mass is 16.3. The lowest BCUT2D eigenvalue weighted by Crippen LogP contribution is -2.64. The van der Waals surface area contributed by atoms with E-state index in [0.29, 0.717) is 17.8 Å². The molecule has 5 rings (SSSR count). The first kappa shape index (κ1) is 26.9. The average Bonchev–Trinajstić information content (AvgIpc) is 2.99. The maximum Gasteiger partial charge on any atom is 0.0624 e. The Labute approximate surface area is 219 Å². The summed E-state index contributed by atoms with van der Waals surface area (Å²) < 4.78 is 0. The minimum absolute atomic E-state index is 0.0304. The van der Waals surface area contributed by atoms with Gasteiger partial charge in [0.15, 0.2) is 0 Å². The highest BCUT2D eigenvalue weighted by molar-refractivity contribution is 5.42. The zero-order valence-electron chi connectivity index (χ0n) is 23.7. The molecule has 5 aliphatic carbocycles. The number of fused-ring (bicyclic) bond motifs is 6. The molecule has 0 aliphatic heterocycles. The lowest BCUT2D eigenvalue weighted by atomic mass is 9.38. The highest BCUT2D eigenvalue weighted by Gasteiger charge is 2.68. The molecule has 4 nitrogen and oxygen atoms in total. The monoisotopic (exact) mass is 500 g/mol. The van der Waals surface area contributed by atoms with Gasteiger partial charge >= 0.3 is 0 Å². The van der Waals surface area contributed by atoms with Crippen molar-refractivity contribution in [2.75, 3.05) is 13.2 Å². The molecule has 4 fully saturated rings. The van der Waals surface area contributed by atoms with Crippen LogP contribution in [0.3, 0.4) is 0 Å². The molecule has 4 saturated carbocycles. The Morgan fingerprint density at radius 2 is 1.47 bits per heavy atom. The molecule has 0 saturated heterocycles. The van der Waals surface area contributed by atoms with Gasteiger partial charge in [-0.15, -0.1) is 0 Å². The molecule has 11 atom stereocenters. The van der Waals surface area contributed by atoms with Gasteiger partial charge in [-0.1, -0.05) is 59.8 Å². The SMILES string of the molecule is C=C1C=C2C[C@]3(C)CC[C@@H]4[C@](C)(CC[C@@H](O)[C@]4(C)CO)[C@H]3CC[C@@H]2[C@@]2(C)CC[C@@H](O)[C@@](C)(CO)[C@]12C. The maximum atomic E-state index is 11.1. The number of aliphatic hydroxyl groups excluding tert-OH is 4. The molecule has 0 amide bonds. The van der Waals surface area contributed by atoms with E-state index in [-0.39, 0.29) is 34.9 Å². The summed E-state index contributed by atoms with van der Waals surface area (Å²) in [7, 11) is 0. The van der Waals surface area contributed by atoms with Crippen LogP contribution >= 0.6 is 0 Å². The first-order valence-electron chi connectivity index (χ1n) is 14.7. The molecule has 0 bridgehead atoms. The number of hydrogen-bond acceptors (Lipinski definition) is 4. The molecular weight excluding hydrogens is 448 g/mol. The Hall–Kier alpha value is -0.680. The van der Waals surface area contributed by atoms with Gasteiger partial charge in [0.25, 0.3) is 0 Å². The van der Waals surface area contributed by atoms with Crippen molar-refractivity contribution in [1.29, 1.82) is 0 Å². The fourth-order valence-electron chi connectivity index (χ4n) is 11.4. The van der Waals surface area contributed by atoms with Crippen LogP contribution in [-0.2, 0) is 0 Å². The standard InChI is InChI=1S/C32H52O4/c1-20-16-21-17-27(2)13-10-24-28(3,14-11-25(35)29(24,4)18-33)23(27)9-8-22(21)30(5)15-12-26(36)31(6,19-34)32(20,30)7/h16,22-26,33-36H,1,8-15,17-19H2,2-7H3/t22-,23-,24+,25+,26+,27-,28+,29+,30+,31+,32+/m0/s1. The molecule has 0 aromatic heterocycles. The van der Waals surface area contributed by atoms with Crippen LogP contribution in [0.4, 0.5) is 0 Å². The van der Waals surface area contributed by atoms with Crippen LogP contribution in [0.2, 0.25) is 0 Å². The van der Waals surface area contributed by atoms with Crippen molar-refractivity contribution in [2.24, 2.45) is 50.2 Å². The number of hydrogen-bond donors (Lipinski definition) is 4. The molecule has 0 radical (unpaired) electrons. The quantitative estimate of drug-likeness (QED) is 0.395. The fraction of sp³-hybridized carbons (Fsp3) is 0.875. The van der Waals surface area contributed by atoms with Gasteiger partial charge in [-0.3, -0.25) is 0 Å². The summed E-state index contributed by atoms with van der Waals surface area (Å²) in [4.78, 5) is 0. The number of rotatable bonds is 2.